The Morgan fingerprint density at radius 1 is 0.969 bits per heavy atom. The molecule has 0 bridgehead atoms. The molecule has 0 saturated carbocycles. The van der Waals surface area contributed by atoms with Gasteiger partial charge in [-0.05, 0) is 73.5 Å². The van der Waals surface area contributed by atoms with Crippen LogP contribution in [-0.4, -0.2) is 51.6 Å². The van der Waals surface area contributed by atoms with Crippen LogP contribution in [0.2, 0.25) is 0 Å². The molecule has 4 aromatic rings. The van der Waals surface area contributed by atoms with E-state index in [1.54, 1.807) is 0 Å². The molecule has 1 aliphatic rings. The predicted octanol–water partition coefficient (Wildman–Crippen LogP) is 4.56. The van der Waals surface area contributed by atoms with Crippen LogP contribution in [0, 0.1) is 0 Å². The van der Waals surface area contributed by atoms with E-state index in [1.807, 2.05) is 18.3 Å². The lowest BCUT2D eigenvalue weighted by molar-refractivity contribution is 0.272. The van der Waals surface area contributed by atoms with E-state index in [4.69, 9.17) is 12.2 Å². The van der Waals surface area contributed by atoms with E-state index in [-0.39, 0.29) is 12.1 Å². The van der Waals surface area contributed by atoms with Crippen molar-refractivity contribution in [2.24, 2.45) is 0 Å². The van der Waals surface area contributed by atoms with Gasteiger partial charge in [0.25, 0.3) is 0 Å². The number of pyridine rings is 1. The lowest BCUT2D eigenvalue weighted by Gasteiger charge is -2.29. The minimum absolute atomic E-state index is 0.0139. The Hall–Kier alpha value is -3.22. The van der Waals surface area contributed by atoms with Crippen molar-refractivity contribution < 1.29 is 0 Å². The van der Waals surface area contributed by atoms with Crippen molar-refractivity contribution in [1.82, 2.24) is 24.7 Å². The molecule has 6 heteroatoms. The van der Waals surface area contributed by atoms with Crippen molar-refractivity contribution in [3.63, 3.8) is 0 Å². The molecule has 3 heterocycles. The highest BCUT2D eigenvalue weighted by atomic mass is 32.1. The molecule has 1 saturated heterocycles. The molecule has 32 heavy (non-hydrogen) atoms. The number of hydrogen-bond acceptors (Lipinski definition) is 3. The summed E-state index contributed by atoms with van der Waals surface area (Å²) in [6.07, 6.45) is 3.99. The molecule has 1 aliphatic heterocycles. The molecular weight excluding hydrogens is 414 g/mol. The molecule has 5 rings (SSSR count). The molecule has 1 N–H and O–H groups in total. The number of thiocarbonyl (C=S) groups is 1. The normalized spacial score (nSPS) is 18.5. The average Bonchev–Trinajstić information content (AvgIpc) is 3.42. The van der Waals surface area contributed by atoms with Gasteiger partial charge in [-0.3, -0.25) is 4.98 Å². The zero-order valence-electron chi connectivity index (χ0n) is 18.3. The molecule has 2 atom stereocenters. The third-order valence-corrected chi connectivity index (χ3v) is 6.43. The summed E-state index contributed by atoms with van der Waals surface area (Å²) in [5, 5.41) is 6.81. The van der Waals surface area contributed by atoms with Gasteiger partial charge in [-0.2, -0.15) is 0 Å². The van der Waals surface area contributed by atoms with Crippen molar-refractivity contribution in [2.75, 3.05) is 27.2 Å². The Labute approximate surface area is 194 Å². The van der Waals surface area contributed by atoms with Crippen LogP contribution in [0.3, 0.4) is 0 Å². The standard InChI is InChI=1S/C26H27N5S/c1-29(2)16-17-31-25(24(28-26(31)32)22-10-5-6-14-27-22)23-11-7-15-30(23)21-13-12-19-8-3-4-9-20(19)18-21/h3-15,18,24-25H,16-17H2,1-2H3,(H,28,32)/t24-,25-/m1/s1. The van der Waals surface area contributed by atoms with Crippen LogP contribution in [0.4, 0.5) is 0 Å². The van der Waals surface area contributed by atoms with E-state index in [0.717, 1.165) is 29.6 Å². The number of likely N-dealkylation sites (N-methyl/N-ethyl adjacent to an activating group) is 1. The first kappa shape index (κ1) is 20.7. The summed E-state index contributed by atoms with van der Waals surface area (Å²) in [7, 11) is 4.19. The van der Waals surface area contributed by atoms with E-state index in [1.165, 1.54) is 16.5 Å². The summed E-state index contributed by atoms with van der Waals surface area (Å²) in [4.78, 5) is 9.16. The molecule has 162 valence electrons. The smallest absolute Gasteiger partial charge is 0.170 e. The van der Waals surface area contributed by atoms with E-state index in [2.05, 4.69) is 106 Å². The van der Waals surface area contributed by atoms with Gasteiger partial charge in [-0.1, -0.05) is 36.4 Å². The minimum Gasteiger partial charge on any atom is -0.352 e. The molecule has 0 unspecified atom stereocenters. The number of benzene rings is 2. The summed E-state index contributed by atoms with van der Waals surface area (Å²) in [6.45, 7) is 1.76. The fourth-order valence-electron chi connectivity index (χ4n) is 4.47. The first-order chi connectivity index (χ1) is 15.6. The maximum Gasteiger partial charge on any atom is 0.170 e. The largest absolute Gasteiger partial charge is 0.352 e. The zero-order valence-corrected chi connectivity index (χ0v) is 19.2. The van der Waals surface area contributed by atoms with Crippen LogP contribution in [0.15, 0.2) is 85.2 Å². The van der Waals surface area contributed by atoms with E-state index in [0.29, 0.717) is 0 Å². The fourth-order valence-corrected chi connectivity index (χ4v) is 4.80. The Kier molecular flexibility index (Phi) is 5.64. The zero-order chi connectivity index (χ0) is 22.1. The fraction of sp³-hybridized carbons (Fsp3) is 0.231. The molecule has 0 spiro atoms. The van der Waals surface area contributed by atoms with Gasteiger partial charge < -0.3 is 19.7 Å². The van der Waals surface area contributed by atoms with Gasteiger partial charge in [-0.15, -0.1) is 0 Å². The number of hydrogen-bond donors (Lipinski definition) is 1. The lowest BCUT2D eigenvalue weighted by atomic mass is 10.0. The summed E-state index contributed by atoms with van der Waals surface area (Å²) in [5.41, 5.74) is 3.34. The molecule has 2 aromatic carbocycles. The molecule has 0 aliphatic carbocycles. The summed E-state index contributed by atoms with van der Waals surface area (Å²) in [6, 6.07) is 25.5. The Morgan fingerprint density at radius 3 is 2.56 bits per heavy atom. The van der Waals surface area contributed by atoms with Crippen molar-refractivity contribution in [3.8, 4) is 5.69 Å². The number of nitrogens with one attached hydrogen (secondary N) is 1. The Bertz CT molecular complexity index is 1230. The van der Waals surface area contributed by atoms with Gasteiger partial charge in [0.1, 0.15) is 0 Å². The van der Waals surface area contributed by atoms with Crippen molar-refractivity contribution in [1.29, 1.82) is 0 Å². The molecule has 5 nitrogen and oxygen atoms in total. The van der Waals surface area contributed by atoms with Gasteiger partial charge in [0.2, 0.25) is 0 Å². The van der Waals surface area contributed by atoms with Gasteiger partial charge in [0, 0.05) is 36.9 Å². The van der Waals surface area contributed by atoms with Crippen LogP contribution < -0.4 is 5.32 Å². The van der Waals surface area contributed by atoms with Crippen molar-refractivity contribution in [2.45, 2.75) is 12.1 Å². The van der Waals surface area contributed by atoms with Crippen LogP contribution in [0.5, 0.6) is 0 Å². The Morgan fingerprint density at radius 2 is 1.78 bits per heavy atom. The Balaban J connectivity index is 1.59. The van der Waals surface area contributed by atoms with E-state index < -0.39 is 0 Å². The number of rotatable bonds is 6. The SMILES string of the molecule is CN(C)CCN1C(=S)N[C@H](c2ccccn2)[C@H]1c1cccn1-c1ccc2ccccc2c1. The summed E-state index contributed by atoms with van der Waals surface area (Å²) < 4.78 is 2.28. The van der Waals surface area contributed by atoms with Gasteiger partial charge in [0.15, 0.2) is 5.11 Å². The van der Waals surface area contributed by atoms with E-state index in [9.17, 15) is 0 Å². The van der Waals surface area contributed by atoms with Crippen LogP contribution in [0.25, 0.3) is 16.5 Å². The maximum atomic E-state index is 5.80. The predicted molar refractivity (Wildman–Crippen MR) is 134 cm³/mol. The second-order valence-electron chi connectivity index (χ2n) is 8.46. The molecule has 2 aromatic heterocycles. The highest BCUT2D eigenvalue weighted by Crippen LogP contribution is 2.39. The van der Waals surface area contributed by atoms with Gasteiger partial charge in [-0.25, -0.2) is 0 Å². The maximum absolute atomic E-state index is 5.80. The topological polar surface area (TPSA) is 36.3 Å². The number of nitrogens with zero attached hydrogens (tertiary/aromatic N) is 4. The monoisotopic (exact) mass is 441 g/mol. The number of fused-ring (bicyclic) bond motifs is 1. The molecule has 1 fully saturated rings. The van der Waals surface area contributed by atoms with Crippen molar-refractivity contribution >= 4 is 28.1 Å². The first-order valence-corrected chi connectivity index (χ1v) is 11.3. The average molecular weight is 442 g/mol. The van der Waals surface area contributed by atoms with Gasteiger partial charge >= 0.3 is 0 Å². The van der Waals surface area contributed by atoms with E-state index >= 15 is 0 Å². The lowest BCUT2D eigenvalue weighted by Crippen LogP contribution is -2.36. The van der Waals surface area contributed by atoms with Gasteiger partial charge in [0.05, 0.1) is 17.8 Å². The highest BCUT2D eigenvalue weighted by Gasteiger charge is 2.41. The first-order valence-electron chi connectivity index (χ1n) is 10.9. The minimum atomic E-state index is -0.0139. The van der Waals surface area contributed by atoms with Crippen LogP contribution in [-0.2, 0) is 0 Å². The second-order valence-corrected chi connectivity index (χ2v) is 8.84. The molecular formula is C26H27N5S. The number of aromatic nitrogens is 2. The third kappa shape index (κ3) is 3.87. The highest BCUT2D eigenvalue weighted by molar-refractivity contribution is 7.80. The molecule has 0 amide bonds. The summed E-state index contributed by atoms with van der Waals surface area (Å²) in [5.74, 6) is 0. The molecule has 0 radical (unpaired) electrons. The van der Waals surface area contributed by atoms with Crippen molar-refractivity contribution in [3.05, 3.63) is 96.6 Å². The van der Waals surface area contributed by atoms with Crippen LogP contribution in [0.1, 0.15) is 23.5 Å². The summed E-state index contributed by atoms with van der Waals surface area (Å²) >= 11 is 5.80. The quantitative estimate of drug-likeness (QED) is 0.444. The second kappa shape index (κ2) is 8.73. The third-order valence-electron chi connectivity index (χ3n) is 6.08. The van der Waals surface area contributed by atoms with Crippen LogP contribution >= 0.6 is 12.2 Å².